The lowest BCUT2D eigenvalue weighted by atomic mass is 9.96. The number of fused-ring (bicyclic) bond motifs is 1. The van der Waals surface area contributed by atoms with E-state index in [9.17, 15) is 4.79 Å². The molecule has 1 aliphatic heterocycles. The van der Waals surface area contributed by atoms with Crippen LogP contribution in [0.1, 0.15) is 57.3 Å². The van der Waals surface area contributed by atoms with Crippen molar-refractivity contribution in [2.75, 3.05) is 13.1 Å². The minimum absolute atomic E-state index is 0.310. The second kappa shape index (κ2) is 6.95. The summed E-state index contributed by atoms with van der Waals surface area (Å²) < 4.78 is 5.87. The molecule has 1 amide bonds. The van der Waals surface area contributed by atoms with Crippen LogP contribution in [0.5, 0.6) is 0 Å². The highest BCUT2D eigenvalue weighted by atomic mass is 16.3. The number of hydrogen-bond donors (Lipinski definition) is 0. The Kier molecular flexibility index (Phi) is 4.76. The zero-order chi connectivity index (χ0) is 15.4. The molecule has 0 atom stereocenters. The van der Waals surface area contributed by atoms with E-state index in [1.54, 1.807) is 0 Å². The van der Waals surface area contributed by atoms with E-state index in [-0.39, 0.29) is 0 Å². The SMILES string of the molecule is CCCCCC(=O)N1CCC(c2nc3ccccc3o2)CC1. The summed E-state index contributed by atoms with van der Waals surface area (Å²) in [5.74, 6) is 1.48. The van der Waals surface area contributed by atoms with E-state index < -0.39 is 0 Å². The number of oxazole rings is 1. The van der Waals surface area contributed by atoms with Crippen LogP contribution in [0.25, 0.3) is 11.1 Å². The maximum Gasteiger partial charge on any atom is 0.222 e. The smallest absolute Gasteiger partial charge is 0.222 e. The normalized spacial score (nSPS) is 16.3. The van der Waals surface area contributed by atoms with Gasteiger partial charge in [0.25, 0.3) is 0 Å². The van der Waals surface area contributed by atoms with Crippen molar-refractivity contribution in [1.82, 2.24) is 9.88 Å². The molecular weight excluding hydrogens is 276 g/mol. The molecule has 2 heterocycles. The van der Waals surface area contributed by atoms with Crippen LogP contribution in [0.2, 0.25) is 0 Å². The number of benzene rings is 1. The Morgan fingerprint density at radius 3 is 2.77 bits per heavy atom. The highest BCUT2D eigenvalue weighted by Gasteiger charge is 2.26. The highest BCUT2D eigenvalue weighted by molar-refractivity contribution is 5.76. The van der Waals surface area contributed by atoms with Crippen molar-refractivity contribution in [3.8, 4) is 0 Å². The standard InChI is InChI=1S/C18H24N2O2/c1-2-3-4-9-17(21)20-12-10-14(11-13-20)18-19-15-7-5-6-8-16(15)22-18/h5-8,14H,2-4,9-13H2,1H3. The Hall–Kier alpha value is -1.84. The van der Waals surface area contributed by atoms with E-state index in [1.165, 1.54) is 0 Å². The molecule has 3 rings (SSSR count). The fourth-order valence-corrected chi connectivity index (χ4v) is 3.12. The van der Waals surface area contributed by atoms with Crippen LogP contribution in [0.15, 0.2) is 28.7 Å². The van der Waals surface area contributed by atoms with Crippen molar-refractivity contribution in [3.05, 3.63) is 30.2 Å². The first kappa shape index (κ1) is 15.1. The molecule has 2 aromatic rings. The Balaban J connectivity index is 1.56. The third-order valence-electron chi connectivity index (χ3n) is 4.50. The first-order valence-electron chi connectivity index (χ1n) is 8.41. The third-order valence-corrected chi connectivity index (χ3v) is 4.50. The van der Waals surface area contributed by atoms with Crippen LogP contribution < -0.4 is 0 Å². The third kappa shape index (κ3) is 3.32. The van der Waals surface area contributed by atoms with Crippen LogP contribution in [0.4, 0.5) is 0 Å². The second-order valence-electron chi connectivity index (χ2n) is 6.13. The summed E-state index contributed by atoms with van der Waals surface area (Å²) in [6, 6.07) is 7.88. The van der Waals surface area contributed by atoms with Gasteiger partial charge in [0, 0.05) is 25.4 Å². The van der Waals surface area contributed by atoms with Gasteiger partial charge in [-0.3, -0.25) is 4.79 Å². The highest BCUT2D eigenvalue weighted by Crippen LogP contribution is 2.30. The first-order valence-corrected chi connectivity index (χ1v) is 8.41. The number of carbonyl (C=O) groups is 1. The Morgan fingerprint density at radius 2 is 2.05 bits per heavy atom. The topological polar surface area (TPSA) is 46.3 Å². The molecule has 118 valence electrons. The number of rotatable bonds is 5. The van der Waals surface area contributed by atoms with E-state index in [0.717, 1.165) is 62.2 Å². The molecule has 1 fully saturated rings. The van der Waals surface area contributed by atoms with Crippen molar-refractivity contribution >= 4 is 17.0 Å². The summed E-state index contributed by atoms with van der Waals surface area (Å²) in [5.41, 5.74) is 1.78. The molecular formula is C18H24N2O2. The first-order chi connectivity index (χ1) is 10.8. The van der Waals surface area contributed by atoms with Gasteiger partial charge in [0.2, 0.25) is 5.91 Å². The van der Waals surface area contributed by atoms with Crippen molar-refractivity contribution < 1.29 is 9.21 Å². The van der Waals surface area contributed by atoms with E-state index >= 15 is 0 Å². The number of nitrogens with zero attached hydrogens (tertiary/aromatic N) is 2. The molecule has 0 bridgehead atoms. The molecule has 4 nitrogen and oxygen atoms in total. The quantitative estimate of drug-likeness (QED) is 0.780. The predicted molar refractivity (Wildman–Crippen MR) is 86.7 cm³/mol. The summed E-state index contributed by atoms with van der Waals surface area (Å²) in [6.45, 7) is 3.82. The number of unbranched alkanes of at least 4 members (excludes halogenated alkanes) is 2. The summed E-state index contributed by atoms with van der Waals surface area (Å²) >= 11 is 0. The van der Waals surface area contributed by atoms with Gasteiger partial charge in [-0.05, 0) is 31.4 Å². The minimum Gasteiger partial charge on any atom is -0.440 e. The fraction of sp³-hybridized carbons (Fsp3) is 0.556. The van der Waals surface area contributed by atoms with Gasteiger partial charge in [0.1, 0.15) is 5.52 Å². The van der Waals surface area contributed by atoms with E-state index in [0.29, 0.717) is 18.2 Å². The van der Waals surface area contributed by atoms with Crippen molar-refractivity contribution in [3.63, 3.8) is 0 Å². The van der Waals surface area contributed by atoms with Crippen molar-refractivity contribution in [2.45, 2.75) is 51.4 Å². The Morgan fingerprint density at radius 1 is 1.27 bits per heavy atom. The molecule has 0 spiro atoms. The molecule has 0 aliphatic carbocycles. The van der Waals surface area contributed by atoms with Crippen molar-refractivity contribution in [2.24, 2.45) is 0 Å². The van der Waals surface area contributed by atoms with Gasteiger partial charge in [0.05, 0.1) is 0 Å². The number of para-hydroxylation sites is 2. The Bertz CT molecular complexity index is 594. The maximum absolute atomic E-state index is 12.1. The van der Waals surface area contributed by atoms with Gasteiger partial charge >= 0.3 is 0 Å². The van der Waals surface area contributed by atoms with Crippen molar-refractivity contribution in [1.29, 1.82) is 0 Å². The summed E-state index contributed by atoms with van der Waals surface area (Å²) in [4.78, 5) is 18.7. The number of piperidine rings is 1. The number of carbonyl (C=O) groups excluding carboxylic acids is 1. The van der Waals surface area contributed by atoms with Crippen LogP contribution in [0.3, 0.4) is 0 Å². The molecule has 0 saturated carbocycles. The van der Waals surface area contributed by atoms with Gasteiger partial charge in [-0.25, -0.2) is 4.98 Å². The number of hydrogen-bond acceptors (Lipinski definition) is 3. The maximum atomic E-state index is 12.1. The number of likely N-dealkylation sites (tertiary alicyclic amines) is 1. The number of aromatic nitrogens is 1. The molecule has 22 heavy (non-hydrogen) atoms. The second-order valence-corrected chi connectivity index (χ2v) is 6.13. The molecule has 0 radical (unpaired) electrons. The van der Waals surface area contributed by atoms with Gasteiger partial charge in [-0.1, -0.05) is 31.9 Å². The number of amides is 1. The average molecular weight is 300 g/mol. The van der Waals surface area contributed by atoms with Gasteiger partial charge in [-0.15, -0.1) is 0 Å². The molecule has 1 aromatic heterocycles. The monoisotopic (exact) mass is 300 g/mol. The van der Waals surface area contributed by atoms with Crippen LogP contribution in [-0.2, 0) is 4.79 Å². The minimum atomic E-state index is 0.310. The average Bonchev–Trinajstić information content (AvgIpc) is 2.99. The molecule has 0 N–H and O–H groups in total. The lowest BCUT2D eigenvalue weighted by molar-refractivity contribution is -0.132. The lowest BCUT2D eigenvalue weighted by Crippen LogP contribution is -2.37. The van der Waals surface area contributed by atoms with E-state index in [2.05, 4.69) is 11.9 Å². The summed E-state index contributed by atoms with van der Waals surface area (Å²) in [5, 5.41) is 0. The molecule has 1 aliphatic rings. The summed E-state index contributed by atoms with van der Waals surface area (Å²) in [7, 11) is 0. The Labute approximate surface area is 131 Å². The zero-order valence-corrected chi connectivity index (χ0v) is 13.3. The van der Waals surface area contributed by atoms with Crippen LogP contribution in [-0.4, -0.2) is 28.9 Å². The predicted octanol–water partition coefficient (Wildman–Crippen LogP) is 4.11. The van der Waals surface area contributed by atoms with Gasteiger partial charge < -0.3 is 9.32 Å². The molecule has 1 saturated heterocycles. The van der Waals surface area contributed by atoms with Crippen LogP contribution in [0, 0.1) is 0 Å². The molecule has 4 heteroatoms. The summed E-state index contributed by atoms with van der Waals surface area (Å²) in [6.07, 6.45) is 5.92. The lowest BCUT2D eigenvalue weighted by Gasteiger charge is -2.30. The van der Waals surface area contributed by atoms with Gasteiger partial charge in [0.15, 0.2) is 11.5 Å². The van der Waals surface area contributed by atoms with E-state index in [4.69, 9.17) is 4.42 Å². The fourth-order valence-electron chi connectivity index (χ4n) is 3.12. The van der Waals surface area contributed by atoms with Gasteiger partial charge in [-0.2, -0.15) is 0 Å². The van der Waals surface area contributed by atoms with Crippen LogP contribution >= 0.6 is 0 Å². The zero-order valence-electron chi connectivity index (χ0n) is 13.3. The largest absolute Gasteiger partial charge is 0.440 e. The molecule has 1 aromatic carbocycles. The molecule has 0 unspecified atom stereocenters. The van der Waals surface area contributed by atoms with E-state index in [1.807, 2.05) is 29.2 Å².